The Morgan fingerprint density at radius 2 is 1.94 bits per heavy atom. The number of carbonyl (C=O) groups excluding carboxylic acids is 1. The number of amides is 1. The van der Waals surface area contributed by atoms with Gasteiger partial charge in [0, 0.05) is 37.2 Å². The number of hydrogen-bond donors (Lipinski definition) is 0. The predicted octanol–water partition coefficient (Wildman–Crippen LogP) is 4.52. The Kier molecular flexibility index (Phi) is 6.02. The molecule has 6 nitrogen and oxygen atoms in total. The summed E-state index contributed by atoms with van der Waals surface area (Å²) in [6.45, 7) is 2.98. The van der Waals surface area contributed by atoms with Crippen molar-refractivity contribution in [3.05, 3.63) is 46.6 Å². The van der Waals surface area contributed by atoms with Crippen LogP contribution < -0.4 is 0 Å². The van der Waals surface area contributed by atoms with Gasteiger partial charge in [-0.2, -0.15) is 4.98 Å². The lowest BCUT2D eigenvalue weighted by Crippen LogP contribution is -2.49. The largest absolute Gasteiger partial charge is 0.381 e. The van der Waals surface area contributed by atoms with Gasteiger partial charge in [0.05, 0.1) is 11.8 Å². The molecule has 2 aromatic rings. The fourth-order valence-corrected chi connectivity index (χ4v) is 5.24. The molecule has 31 heavy (non-hydrogen) atoms. The monoisotopic (exact) mass is 443 g/mol. The summed E-state index contributed by atoms with van der Waals surface area (Å²) in [6, 6.07) is 7.55. The zero-order valence-electron chi connectivity index (χ0n) is 17.9. The Morgan fingerprint density at radius 1 is 1.16 bits per heavy atom. The third kappa shape index (κ3) is 4.80. The van der Waals surface area contributed by atoms with Gasteiger partial charge in [-0.1, -0.05) is 41.7 Å². The third-order valence-electron chi connectivity index (χ3n) is 7.06. The summed E-state index contributed by atoms with van der Waals surface area (Å²) in [5.41, 5.74) is 0.802. The topological polar surface area (TPSA) is 68.5 Å². The average Bonchev–Trinajstić information content (AvgIpc) is 3.46. The predicted molar refractivity (Wildman–Crippen MR) is 117 cm³/mol. The van der Waals surface area contributed by atoms with Crippen molar-refractivity contribution in [1.29, 1.82) is 0 Å². The zero-order valence-corrected chi connectivity index (χ0v) is 18.6. The molecule has 0 spiro atoms. The number of likely N-dealkylation sites (tertiary alicyclic amines) is 1. The van der Waals surface area contributed by atoms with Crippen molar-refractivity contribution in [2.24, 2.45) is 5.92 Å². The number of piperidine rings is 1. The van der Waals surface area contributed by atoms with Gasteiger partial charge >= 0.3 is 0 Å². The molecule has 1 aromatic heterocycles. The van der Waals surface area contributed by atoms with E-state index in [1.54, 1.807) is 0 Å². The van der Waals surface area contributed by atoms with E-state index >= 15 is 0 Å². The molecule has 2 saturated heterocycles. The summed E-state index contributed by atoms with van der Waals surface area (Å²) in [5.74, 6) is 2.73. The number of aromatic nitrogens is 2. The van der Waals surface area contributed by atoms with Crippen molar-refractivity contribution in [1.82, 2.24) is 15.0 Å². The van der Waals surface area contributed by atoms with E-state index in [1.165, 1.54) is 12.8 Å². The first-order valence-electron chi connectivity index (χ1n) is 11.6. The Labute approximate surface area is 188 Å². The maximum absolute atomic E-state index is 13.1. The van der Waals surface area contributed by atoms with Crippen LogP contribution in [0.3, 0.4) is 0 Å². The van der Waals surface area contributed by atoms with Crippen LogP contribution in [0.25, 0.3) is 0 Å². The number of benzene rings is 1. The molecule has 0 N–H and O–H groups in total. The molecule has 3 heterocycles. The highest BCUT2D eigenvalue weighted by molar-refractivity contribution is 6.30. The fourth-order valence-electron chi connectivity index (χ4n) is 5.11. The number of ether oxygens (including phenoxy) is 1. The molecule has 2 aliphatic heterocycles. The summed E-state index contributed by atoms with van der Waals surface area (Å²) >= 11 is 5.99. The highest BCUT2D eigenvalue weighted by atomic mass is 35.5. The van der Waals surface area contributed by atoms with E-state index in [0.717, 1.165) is 75.1 Å². The molecule has 1 saturated carbocycles. The van der Waals surface area contributed by atoms with Gasteiger partial charge in [0.2, 0.25) is 11.8 Å². The minimum absolute atomic E-state index is 0.162. The second kappa shape index (κ2) is 8.91. The van der Waals surface area contributed by atoms with E-state index in [9.17, 15) is 4.79 Å². The van der Waals surface area contributed by atoms with Crippen LogP contribution in [0.4, 0.5) is 0 Å². The summed E-state index contributed by atoms with van der Waals surface area (Å²) in [7, 11) is 0. The molecule has 3 fully saturated rings. The van der Waals surface area contributed by atoms with E-state index in [1.807, 2.05) is 29.2 Å². The smallest absolute Gasteiger partial charge is 0.229 e. The molecule has 1 unspecified atom stereocenters. The lowest BCUT2D eigenvalue weighted by Gasteiger charge is -2.41. The van der Waals surface area contributed by atoms with Gasteiger partial charge in [0.15, 0.2) is 5.82 Å². The van der Waals surface area contributed by atoms with E-state index < -0.39 is 0 Å². The maximum Gasteiger partial charge on any atom is 0.229 e. The van der Waals surface area contributed by atoms with E-state index in [-0.39, 0.29) is 11.3 Å². The first-order valence-corrected chi connectivity index (χ1v) is 11.9. The van der Waals surface area contributed by atoms with E-state index in [0.29, 0.717) is 23.9 Å². The van der Waals surface area contributed by atoms with Crippen molar-refractivity contribution in [2.45, 2.75) is 62.7 Å². The van der Waals surface area contributed by atoms with E-state index in [2.05, 4.69) is 5.16 Å². The van der Waals surface area contributed by atoms with Crippen molar-refractivity contribution >= 4 is 17.5 Å². The lowest BCUT2D eigenvalue weighted by atomic mass is 9.74. The van der Waals surface area contributed by atoms with Crippen LogP contribution in [-0.2, 0) is 21.4 Å². The Bertz CT molecular complexity index is 905. The molecule has 1 atom stereocenters. The molecule has 166 valence electrons. The van der Waals surface area contributed by atoms with Crippen molar-refractivity contribution in [2.75, 3.05) is 26.3 Å². The first-order chi connectivity index (χ1) is 15.1. The molecule has 7 heteroatoms. The molecule has 0 radical (unpaired) electrons. The molecule has 1 aliphatic carbocycles. The van der Waals surface area contributed by atoms with Gasteiger partial charge in [0.25, 0.3) is 0 Å². The average molecular weight is 444 g/mol. The summed E-state index contributed by atoms with van der Waals surface area (Å²) < 4.78 is 11.2. The van der Waals surface area contributed by atoms with Crippen LogP contribution in [0.5, 0.6) is 0 Å². The zero-order chi connectivity index (χ0) is 21.3. The number of rotatable bonds is 6. The number of nitrogens with zero attached hydrogens (tertiary/aromatic N) is 3. The molecule has 1 amide bonds. The number of hydrogen-bond acceptors (Lipinski definition) is 5. The molecular weight excluding hydrogens is 414 g/mol. The second-order valence-electron chi connectivity index (χ2n) is 9.49. The van der Waals surface area contributed by atoms with Gasteiger partial charge in [-0.15, -0.1) is 0 Å². The highest BCUT2D eigenvalue weighted by Crippen LogP contribution is 2.46. The van der Waals surface area contributed by atoms with Crippen LogP contribution in [0.1, 0.15) is 68.1 Å². The van der Waals surface area contributed by atoms with Crippen molar-refractivity contribution < 1.29 is 14.1 Å². The summed E-state index contributed by atoms with van der Waals surface area (Å²) in [5, 5.41) is 5.17. The first kappa shape index (κ1) is 21.0. The summed E-state index contributed by atoms with van der Waals surface area (Å²) in [6.07, 6.45) is 7.84. The Balaban J connectivity index is 1.34. The number of halogens is 1. The summed E-state index contributed by atoms with van der Waals surface area (Å²) in [4.78, 5) is 20.1. The highest BCUT2D eigenvalue weighted by Gasteiger charge is 2.46. The van der Waals surface area contributed by atoms with Crippen molar-refractivity contribution in [3.63, 3.8) is 0 Å². The second-order valence-corrected chi connectivity index (χ2v) is 9.93. The fraction of sp³-hybridized carbons (Fsp3) is 0.625. The van der Waals surface area contributed by atoms with Crippen LogP contribution in [-0.4, -0.2) is 47.3 Å². The van der Waals surface area contributed by atoms with Crippen LogP contribution in [0.2, 0.25) is 5.02 Å². The van der Waals surface area contributed by atoms with E-state index in [4.69, 9.17) is 25.8 Å². The normalized spacial score (nSPS) is 25.0. The van der Waals surface area contributed by atoms with Gasteiger partial charge in [-0.05, 0) is 55.7 Å². The lowest BCUT2D eigenvalue weighted by molar-refractivity contribution is -0.133. The number of carbonyl (C=O) groups is 1. The minimum atomic E-state index is -0.192. The van der Waals surface area contributed by atoms with Crippen LogP contribution in [0.15, 0.2) is 28.8 Å². The molecule has 3 aliphatic rings. The van der Waals surface area contributed by atoms with Crippen LogP contribution >= 0.6 is 11.6 Å². The van der Waals surface area contributed by atoms with Gasteiger partial charge < -0.3 is 14.2 Å². The van der Waals surface area contributed by atoms with Gasteiger partial charge in [-0.3, -0.25) is 4.79 Å². The van der Waals surface area contributed by atoms with Gasteiger partial charge in [0.1, 0.15) is 0 Å². The quantitative estimate of drug-likeness (QED) is 0.656. The molecule has 0 bridgehead atoms. The molecule has 5 rings (SSSR count). The molecule has 1 aromatic carbocycles. The van der Waals surface area contributed by atoms with Crippen molar-refractivity contribution in [3.8, 4) is 0 Å². The molecular formula is C24H30ClN3O3. The Hall–Kier alpha value is -1.92. The SMILES string of the molecule is O=C(Cc1ccc(Cl)cc1)N1CCCC(CC2CC2)(c2noc(C3CCOCC3)n2)C1. The third-order valence-corrected chi connectivity index (χ3v) is 7.31. The maximum atomic E-state index is 13.1. The standard InChI is InChI=1S/C24H30ClN3O3/c25-20-6-4-17(5-7-20)14-21(29)28-11-1-10-24(16-28,15-18-2-3-18)23-26-22(31-27-23)19-8-12-30-13-9-19/h4-7,18-19H,1-3,8-16H2. The van der Waals surface area contributed by atoms with Gasteiger partial charge in [-0.25, -0.2) is 0 Å². The minimum Gasteiger partial charge on any atom is -0.381 e. The van der Waals surface area contributed by atoms with Crippen LogP contribution in [0, 0.1) is 5.92 Å². The Morgan fingerprint density at radius 3 is 2.68 bits per heavy atom.